The molecule has 0 unspecified atom stereocenters. The second-order valence-corrected chi connectivity index (χ2v) is 7.68. The highest BCUT2D eigenvalue weighted by Crippen LogP contribution is 2.34. The molecule has 0 aliphatic carbocycles. The number of carboxylic acids is 1. The highest BCUT2D eigenvalue weighted by Gasteiger charge is 2.32. The lowest BCUT2D eigenvalue weighted by molar-refractivity contribution is -0.122. The molecule has 3 rings (SSSR count). The molecule has 30 heavy (non-hydrogen) atoms. The van der Waals surface area contributed by atoms with E-state index in [0.29, 0.717) is 22.3 Å². The number of nitrogens with zero attached hydrogens (tertiary/aromatic N) is 3. The first-order valence-corrected chi connectivity index (χ1v) is 10.8. The summed E-state index contributed by atoms with van der Waals surface area (Å²) in [6.45, 7) is 8.52. The summed E-state index contributed by atoms with van der Waals surface area (Å²) in [6, 6.07) is 14.5. The van der Waals surface area contributed by atoms with Crippen molar-refractivity contribution in [1.82, 2.24) is 4.90 Å². The highest BCUT2D eigenvalue weighted by molar-refractivity contribution is 8.18. The molecule has 2 aromatic rings. The van der Waals surface area contributed by atoms with Crippen molar-refractivity contribution in [1.29, 1.82) is 0 Å². The van der Waals surface area contributed by atoms with Gasteiger partial charge in [-0.1, -0.05) is 18.2 Å². The molecule has 6 nitrogen and oxygen atoms in total. The molecule has 0 atom stereocenters. The van der Waals surface area contributed by atoms with E-state index in [2.05, 4.69) is 35.9 Å². The van der Waals surface area contributed by atoms with E-state index in [0.717, 1.165) is 24.3 Å². The van der Waals surface area contributed by atoms with Crippen LogP contribution in [0.2, 0.25) is 0 Å². The highest BCUT2D eigenvalue weighted by atomic mass is 32.2. The Morgan fingerprint density at radius 1 is 1.13 bits per heavy atom. The fourth-order valence-electron chi connectivity index (χ4n) is 3.21. The van der Waals surface area contributed by atoms with Crippen LogP contribution in [0.5, 0.6) is 0 Å². The maximum Gasteiger partial charge on any atom is 0.335 e. The van der Waals surface area contributed by atoms with Crippen LogP contribution in [0.25, 0.3) is 6.08 Å². The van der Waals surface area contributed by atoms with Crippen LogP contribution in [0.15, 0.2) is 58.4 Å². The van der Waals surface area contributed by atoms with Crippen molar-refractivity contribution < 1.29 is 14.7 Å². The maximum absolute atomic E-state index is 12.8. The minimum atomic E-state index is -1.01. The van der Waals surface area contributed by atoms with E-state index in [1.54, 1.807) is 17.0 Å². The van der Waals surface area contributed by atoms with Crippen LogP contribution >= 0.6 is 11.8 Å². The molecule has 7 heteroatoms. The summed E-state index contributed by atoms with van der Waals surface area (Å²) in [5, 5.41) is 9.72. The fourth-order valence-corrected chi connectivity index (χ4v) is 4.27. The molecule has 1 heterocycles. The van der Waals surface area contributed by atoms with Crippen LogP contribution in [-0.4, -0.2) is 46.7 Å². The van der Waals surface area contributed by atoms with Gasteiger partial charge in [-0.25, -0.2) is 9.79 Å². The zero-order valence-corrected chi connectivity index (χ0v) is 18.1. The third-order valence-electron chi connectivity index (χ3n) is 4.84. The SMILES string of the molecule is CCN1C(=O)/C(=C\c2ccc(N(CC)CC)cc2)SC1=Nc1cccc(C(=O)O)c1. The number of aromatic carboxylic acids is 1. The lowest BCUT2D eigenvalue weighted by Crippen LogP contribution is -2.28. The molecular formula is C23H25N3O3S. The number of amides is 1. The molecule has 2 aromatic carbocycles. The minimum absolute atomic E-state index is 0.0940. The van der Waals surface area contributed by atoms with Crippen molar-refractivity contribution in [3.63, 3.8) is 0 Å². The number of benzene rings is 2. The zero-order valence-electron chi connectivity index (χ0n) is 17.3. The number of carbonyl (C=O) groups excluding carboxylic acids is 1. The van der Waals surface area contributed by atoms with E-state index in [1.165, 1.54) is 23.9 Å². The monoisotopic (exact) mass is 423 g/mol. The summed E-state index contributed by atoms with van der Waals surface area (Å²) in [7, 11) is 0. The first-order valence-electron chi connectivity index (χ1n) is 9.95. The second-order valence-electron chi connectivity index (χ2n) is 6.67. The second kappa shape index (κ2) is 9.63. The van der Waals surface area contributed by atoms with Gasteiger partial charge in [0.05, 0.1) is 16.2 Å². The Morgan fingerprint density at radius 2 is 1.83 bits per heavy atom. The zero-order chi connectivity index (χ0) is 21.7. The van der Waals surface area contributed by atoms with Crippen LogP contribution < -0.4 is 4.90 Å². The topological polar surface area (TPSA) is 73.2 Å². The van der Waals surface area contributed by atoms with Gasteiger partial charge in [0, 0.05) is 25.3 Å². The molecule has 1 N–H and O–H groups in total. The first kappa shape index (κ1) is 21.6. The van der Waals surface area contributed by atoms with Gasteiger partial charge in [-0.3, -0.25) is 9.69 Å². The summed E-state index contributed by atoms with van der Waals surface area (Å²) in [6.07, 6.45) is 1.87. The summed E-state index contributed by atoms with van der Waals surface area (Å²) in [4.78, 5) is 33.0. The van der Waals surface area contributed by atoms with Gasteiger partial charge in [0.1, 0.15) is 0 Å². The Bertz CT molecular complexity index is 995. The Balaban J connectivity index is 1.87. The molecule has 0 saturated carbocycles. The van der Waals surface area contributed by atoms with E-state index >= 15 is 0 Å². The molecule has 1 saturated heterocycles. The predicted octanol–water partition coefficient (Wildman–Crippen LogP) is 4.85. The largest absolute Gasteiger partial charge is 0.478 e. The van der Waals surface area contributed by atoms with E-state index in [1.807, 2.05) is 25.1 Å². The van der Waals surface area contributed by atoms with Crippen LogP contribution in [0.3, 0.4) is 0 Å². The Morgan fingerprint density at radius 3 is 2.43 bits per heavy atom. The molecule has 0 bridgehead atoms. The number of likely N-dealkylation sites (N-methyl/N-ethyl adjacent to an activating group) is 1. The molecule has 156 valence electrons. The molecule has 1 aliphatic rings. The van der Waals surface area contributed by atoms with Gasteiger partial charge in [-0.15, -0.1) is 0 Å². The van der Waals surface area contributed by atoms with Crippen molar-refractivity contribution in [3.8, 4) is 0 Å². The van der Waals surface area contributed by atoms with E-state index in [9.17, 15) is 14.7 Å². The molecule has 0 spiro atoms. The average Bonchev–Trinajstić information content (AvgIpc) is 3.04. The molecule has 0 aromatic heterocycles. The van der Waals surface area contributed by atoms with Crippen LogP contribution in [0, 0.1) is 0 Å². The third-order valence-corrected chi connectivity index (χ3v) is 5.85. The van der Waals surface area contributed by atoms with Gasteiger partial charge < -0.3 is 10.0 Å². The molecule has 1 aliphatic heterocycles. The van der Waals surface area contributed by atoms with Gasteiger partial charge in [-0.2, -0.15) is 0 Å². The Kier molecular flexibility index (Phi) is 6.95. The van der Waals surface area contributed by atoms with Gasteiger partial charge in [0.2, 0.25) is 0 Å². The van der Waals surface area contributed by atoms with Crippen molar-refractivity contribution >= 4 is 46.3 Å². The first-order chi connectivity index (χ1) is 14.5. The summed E-state index contributed by atoms with van der Waals surface area (Å²) in [5.41, 5.74) is 2.78. The van der Waals surface area contributed by atoms with Gasteiger partial charge in [0.25, 0.3) is 5.91 Å². The lowest BCUT2D eigenvalue weighted by atomic mass is 10.1. The standard InChI is InChI=1S/C23H25N3O3S/c1-4-25(5-2)19-12-10-16(11-13-19)14-20-21(27)26(6-3)23(30-20)24-18-9-7-8-17(15-18)22(28)29/h7-15H,4-6H2,1-3H3,(H,28,29)/b20-14+,24-23?. The Labute approximate surface area is 180 Å². The quantitative estimate of drug-likeness (QED) is 0.644. The summed E-state index contributed by atoms with van der Waals surface area (Å²) >= 11 is 1.30. The summed E-state index contributed by atoms with van der Waals surface area (Å²) in [5.74, 6) is -1.10. The number of carboxylic acid groups (broad SMARTS) is 1. The van der Waals surface area contributed by atoms with Crippen molar-refractivity contribution in [2.45, 2.75) is 20.8 Å². The third kappa shape index (κ3) is 4.74. The van der Waals surface area contributed by atoms with Crippen LogP contribution in [0.4, 0.5) is 11.4 Å². The minimum Gasteiger partial charge on any atom is -0.478 e. The van der Waals surface area contributed by atoms with E-state index in [4.69, 9.17) is 0 Å². The predicted molar refractivity (Wildman–Crippen MR) is 123 cm³/mol. The normalized spacial score (nSPS) is 16.5. The van der Waals surface area contributed by atoms with Crippen LogP contribution in [0.1, 0.15) is 36.7 Å². The molecular weight excluding hydrogens is 398 g/mol. The number of thioether (sulfide) groups is 1. The van der Waals surface area contributed by atoms with Crippen LogP contribution in [-0.2, 0) is 4.79 Å². The van der Waals surface area contributed by atoms with Gasteiger partial charge in [-0.05, 0) is 74.5 Å². The van der Waals surface area contributed by atoms with Crippen molar-refractivity contribution in [3.05, 3.63) is 64.6 Å². The molecule has 1 fully saturated rings. The smallest absolute Gasteiger partial charge is 0.335 e. The maximum atomic E-state index is 12.8. The number of anilines is 1. The van der Waals surface area contributed by atoms with Crippen molar-refractivity contribution in [2.24, 2.45) is 4.99 Å². The number of carbonyl (C=O) groups is 2. The molecule has 1 amide bonds. The number of amidine groups is 1. The van der Waals surface area contributed by atoms with E-state index < -0.39 is 5.97 Å². The number of aliphatic imine (C=N–C) groups is 1. The fraction of sp³-hybridized carbons (Fsp3) is 0.261. The average molecular weight is 424 g/mol. The number of rotatable bonds is 7. The molecule has 0 radical (unpaired) electrons. The Hall–Kier alpha value is -3.06. The summed E-state index contributed by atoms with van der Waals surface area (Å²) < 4.78 is 0. The van der Waals surface area contributed by atoms with Crippen molar-refractivity contribution in [2.75, 3.05) is 24.5 Å². The van der Waals surface area contributed by atoms with Gasteiger partial charge in [0.15, 0.2) is 5.17 Å². The number of hydrogen-bond acceptors (Lipinski definition) is 5. The number of hydrogen-bond donors (Lipinski definition) is 1. The van der Waals surface area contributed by atoms with E-state index in [-0.39, 0.29) is 11.5 Å². The lowest BCUT2D eigenvalue weighted by Gasteiger charge is -2.20. The van der Waals surface area contributed by atoms with Gasteiger partial charge >= 0.3 is 5.97 Å².